The van der Waals surface area contributed by atoms with Gasteiger partial charge in [-0.2, -0.15) is 0 Å². The number of amides is 2. The lowest BCUT2D eigenvalue weighted by atomic mass is 10.0. The summed E-state index contributed by atoms with van der Waals surface area (Å²) in [5.74, 6) is 0.351. The molecule has 0 aliphatic carbocycles. The summed E-state index contributed by atoms with van der Waals surface area (Å²) in [5, 5.41) is 3.04. The number of halogens is 1. The predicted molar refractivity (Wildman–Crippen MR) is 100 cm³/mol. The number of methoxy groups -OCH3 is 1. The van der Waals surface area contributed by atoms with Gasteiger partial charge in [-0.3, -0.25) is 9.59 Å². The number of ether oxygens (including phenoxy) is 1. The number of rotatable bonds is 5. The molecule has 2 aromatic rings. The monoisotopic (exact) mass is 372 g/mol. The number of hydrogen-bond donors (Lipinski definition) is 1. The van der Waals surface area contributed by atoms with E-state index in [9.17, 15) is 9.59 Å². The van der Waals surface area contributed by atoms with Crippen LogP contribution in [0.15, 0.2) is 48.5 Å². The lowest BCUT2D eigenvalue weighted by Gasteiger charge is -2.25. The molecule has 1 aliphatic heterocycles. The SMILES string of the molecule is COc1ccc([C@H]2CCCN2C(=O)CNC(=O)c2ccccc2Cl)cc1. The van der Waals surface area contributed by atoms with Crippen molar-refractivity contribution in [3.63, 3.8) is 0 Å². The van der Waals surface area contributed by atoms with E-state index in [1.807, 2.05) is 29.2 Å². The first-order valence-corrected chi connectivity index (χ1v) is 8.94. The number of likely N-dealkylation sites (tertiary alicyclic amines) is 1. The Labute approximate surface area is 157 Å². The summed E-state index contributed by atoms with van der Waals surface area (Å²) in [6.07, 6.45) is 1.86. The van der Waals surface area contributed by atoms with Crippen molar-refractivity contribution in [2.45, 2.75) is 18.9 Å². The van der Waals surface area contributed by atoms with E-state index in [2.05, 4.69) is 5.32 Å². The molecule has 1 atom stereocenters. The van der Waals surface area contributed by atoms with Gasteiger partial charge in [0.1, 0.15) is 5.75 Å². The van der Waals surface area contributed by atoms with Crippen molar-refractivity contribution in [1.29, 1.82) is 0 Å². The van der Waals surface area contributed by atoms with E-state index in [4.69, 9.17) is 16.3 Å². The van der Waals surface area contributed by atoms with Crippen molar-refractivity contribution < 1.29 is 14.3 Å². The van der Waals surface area contributed by atoms with Gasteiger partial charge in [0.15, 0.2) is 0 Å². The van der Waals surface area contributed by atoms with Gasteiger partial charge in [0.05, 0.1) is 30.3 Å². The summed E-state index contributed by atoms with van der Waals surface area (Å²) in [5.41, 5.74) is 1.45. The molecule has 2 amide bonds. The van der Waals surface area contributed by atoms with Gasteiger partial charge < -0.3 is 15.0 Å². The molecule has 5 nitrogen and oxygen atoms in total. The van der Waals surface area contributed by atoms with Crippen molar-refractivity contribution in [2.24, 2.45) is 0 Å². The Morgan fingerprint density at radius 2 is 1.92 bits per heavy atom. The highest BCUT2D eigenvalue weighted by molar-refractivity contribution is 6.33. The minimum Gasteiger partial charge on any atom is -0.497 e. The minimum atomic E-state index is -0.343. The molecule has 0 saturated carbocycles. The number of carbonyl (C=O) groups excluding carboxylic acids is 2. The fraction of sp³-hybridized carbons (Fsp3) is 0.300. The van der Waals surface area contributed by atoms with E-state index in [0.29, 0.717) is 17.1 Å². The molecule has 2 aromatic carbocycles. The van der Waals surface area contributed by atoms with Crippen LogP contribution in [0.5, 0.6) is 5.75 Å². The lowest BCUT2D eigenvalue weighted by Crippen LogP contribution is -2.39. The second kappa shape index (κ2) is 8.23. The third kappa shape index (κ3) is 3.99. The highest BCUT2D eigenvalue weighted by Gasteiger charge is 2.30. The third-order valence-corrected chi connectivity index (χ3v) is 4.92. The van der Waals surface area contributed by atoms with Gasteiger partial charge in [0, 0.05) is 6.54 Å². The number of hydrogen-bond acceptors (Lipinski definition) is 3. The summed E-state index contributed by atoms with van der Waals surface area (Å²) < 4.78 is 5.18. The second-order valence-electron chi connectivity index (χ2n) is 6.18. The highest BCUT2D eigenvalue weighted by atomic mass is 35.5. The minimum absolute atomic E-state index is 0.0330. The van der Waals surface area contributed by atoms with Crippen LogP contribution in [-0.4, -0.2) is 36.9 Å². The molecule has 0 radical (unpaired) electrons. The normalized spacial score (nSPS) is 16.4. The molecular formula is C20H21ClN2O3. The van der Waals surface area contributed by atoms with E-state index in [-0.39, 0.29) is 24.4 Å². The Bertz CT molecular complexity index is 792. The molecule has 0 unspecified atom stereocenters. The Balaban J connectivity index is 1.63. The maximum absolute atomic E-state index is 12.6. The van der Waals surface area contributed by atoms with Gasteiger partial charge in [-0.1, -0.05) is 35.9 Å². The van der Waals surface area contributed by atoms with Crippen LogP contribution in [0.4, 0.5) is 0 Å². The smallest absolute Gasteiger partial charge is 0.253 e. The van der Waals surface area contributed by atoms with E-state index >= 15 is 0 Å². The van der Waals surface area contributed by atoms with Gasteiger partial charge in [-0.15, -0.1) is 0 Å². The van der Waals surface area contributed by atoms with Crippen LogP contribution in [0, 0.1) is 0 Å². The Kier molecular flexibility index (Phi) is 5.78. The van der Waals surface area contributed by atoms with E-state index in [1.165, 1.54) is 0 Å². The second-order valence-corrected chi connectivity index (χ2v) is 6.59. The van der Waals surface area contributed by atoms with Crippen LogP contribution in [0.25, 0.3) is 0 Å². The first kappa shape index (κ1) is 18.3. The summed E-state index contributed by atoms with van der Waals surface area (Å²) in [4.78, 5) is 26.7. The average Bonchev–Trinajstić information content (AvgIpc) is 3.16. The van der Waals surface area contributed by atoms with Crippen LogP contribution in [0.3, 0.4) is 0 Å². The first-order valence-electron chi connectivity index (χ1n) is 8.56. The topological polar surface area (TPSA) is 58.6 Å². The summed E-state index contributed by atoms with van der Waals surface area (Å²) in [6.45, 7) is 0.647. The summed E-state index contributed by atoms with van der Waals surface area (Å²) in [6, 6.07) is 14.6. The van der Waals surface area contributed by atoms with Crippen LogP contribution >= 0.6 is 11.6 Å². The molecule has 6 heteroatoms. The molecule has 0 aromatic heterocycles. The molecule has 3 rings (SSSR count). The summed E-state index contributed by atoms with van der Waals surface area (Å²) >= 11 is 6.02. The Morgan fingerprint density at radius 3 is 2.62 bits per heavy atom. The van der Waals surface area contributed by atoms with E-state index < -0.39 is 0 Å². The standard InChI is InChI=1S/C20H21ClN2O3/c1-26-15-10-8-14(9-11-15)18-7-4-12-23(18)19(24)13-22-20(25)16-5-2-3-6-17(16)21/h2-3,5-6,8-11,18H,4,7,12-13H2,1H3,(H,22,25)/t18-/m1/s1. The maximum Gasteiger partial charge on any atom is 0.253 e. The van der Waals surface area contributed by atoms with Crippen molar-refractivity contribution in [3.8, 4) is 5.75 Å². The van der Waals surface area contributed by atoms with Crippen molar-refractivity contribution in [3.05, 3.63) is 64.7 Å². The molecule has 26 heavy (non-hydrogen) atoms. The van der Waals surface area contributed by atoms with Gasteiger partial charge in [-0.05, 0) is 42.7 Å². The zero-order chi connectivity index (χ0) is 18.5. The first-order chi connectivity index (χ1) is 12.6. The average molecular weight is 373 g/mol. The molecule has 136 valence electrons. The van der Waals surface area contributed by atoms with E-state index in [0.717, 1.165) is 24.2 Å². The lowest BCUT2D eigenvalue weighted by molar-refractivity contribution is -0.131. The number of nitrogens with zero attached hydrogens (tertiary/aromatic N) is 1. The molecule has 1 fully saturated rings. The molecule has 1 aliphatic rings. The van der Waals surface area contributed by atoms with Gasteiger partial charge >= 0.3 is 0 Å². The van der Waals surface area contributed by atoms with Crippen LogP contribution in [0.2, 0.25) is 5.02 Å². The molecule has 0 bridgehead atoms. The van der Waals surface area contributed by atoms with Crippen LogP contribution < -0.4 is 10.1 Å². The fourth-order valence-electron chi connectivity index (χ4n) is 3.24. The predicted octanol–water partition coefficient (Wildman–Crippen LogP) is 3.44. The van der Waals surface area contributed by atoms with Crippen LogP contribution in [-0.2, 0) is 4.79 Å². The Hall–Kier alpha value is -2.53. The molecule has 0 spiro atoms. The molecule has 1 N–H and O–H groups in total. The van der Waals surface area contributed by atoms with Crippen molar-refractivity contribution >= 4 is 23.4 Å². The largest absolute Gasteiger partial charge is 0.497 e. The summed E-state index contributed by atoms with van der Waals surface area (Å²) in [7, 11) is 1.63. The number of benzene rings is 2. The zero-order valence-corrected chi connectivity index (χ0v) is 15.3. The highest BCUT2D eigenvalue weighted by Crippen LogP contribution is 2.32. The molecule has 1 saturated heterocycles. The Morgan fingerprint density at radius 1 is 1.19 bits per heavy atom. The van der Waals surface area contributed by atoms with Gasteiger partial charge in [0.2, 0.25) is 5.91 Å². The quantitative estimate of drug-likeness (QED) is 0.874. The van der Waals surface area contributed by atoms with Gasteiger partial charge in [0.25, 0.3) is 5.91 Å². The van der Waals surface area contributed by atoms with Crippen LogP contribution in [0.1, 0.15) is 34.8 Å². The molecule has 1 heterocycles. The maximum atomic E-state index is 12.6. The zero-order valence-electron chi connectivity index (χ0n) is 14.6. The number of carbonyl (C=O) groups is 2. The fourth-order valence-corrected chi connectivity index (χ4v) is 3.46. The molecular weight excluding hydrogens is 352 g/mol. The third-order valence-electron chi connectivity index (χ3n) is 4.59. The van der Waals surface area contributed by atoms with E-state index in [1.54, 1.807) is 31.4 Å². The number of nitrogens with one attached hydrogen (secondary N) is 1. The van der Waals surface area contributed by atoms with Crippen molar-refractivity contribution in [1.82, 2.24) is 10.2 Å². The van der Waals surface area contributed by atoms with Gasteiger partial charge in [-0.25, -0.2) is 0 Å². The van der Waals surface area contributed by atoms with Crippen molar-refractivity contribution in [2.75, 3.05) is 20.2 Å².